The summed E-state index contributed by atoms with van der Waals surface area (Å²) in [5.41, 5.74) is 2.16. The Kier molecular flexibility index (Phi) is 6.50. The number of fused-ring (bicyclic) bond motifs is 1. The zero-order valence-corrected chi connectivity index (χ0v) is 16.6. The largest absolute Gasteiger partial charge is 0.393 e. The Morgan fingerprint density at radius 1 is 1.22 bits per heavy atom. The van der Waals surface area contributed by atoms with Crippen LogP contribution in [0, 0.1) is 0 Å². The van der Waals surface area contributed by atoms with Gasteiger partial charge in [-0.25, -0.2) is 9.98 Å². The highest BCUT2D eigenvalue weighted by Crippen LogP contribution is 2.23. The fraction of sp³-hybridized carbons (Fsp3) is 0.524. The van der Waals surface area contributed by atoms with Crippen LogP contribution < -0.4 is 15.5 Å². The lowest BCUT2D eigenvalue weighted by molar-refractivity contribution is 0.120. The normalized spacial score (nSPS) is 20.5. The predicted octanol–water partition coefficient (Wildman–Crippen LogP) is 2.66. The summed E-state index contributed by atoms with van der Waals surface area (Å²) in [7, 11) is 4.01. The van der Waals surface area contributed by atoms with Crippen LogP contribution in [0.25, 0.3) is 10.9 Å². The monoisotopic (exact) mass is 369 g/mol. The van der Waals surface area contributed by atoms with E-state index in [1.165, 1.54) is 5.56 Å². The van der Waals surface area contributed by atoms with Gasteiger partial charge in [0.25, 0.3) is 0 Å². The summed E-state index contributed by atoms with van der Waals surface area (Å²) in [6.45, 7) is 3.49. The first-order valence-corrected chi connectivity index (χ1v) is 9.85. The first-order chi connectivity index (χ1) is 13.1. The minimum atomic E-state index is -0.143. The Balaban J connectivity index is 1.80. The number of nitrogens with zero attached hydrogens (tertiary/aromatic N) is 3. The van der Waals surface area contributed by atoms with Crippen LogP contribution in [-0.2, 0) is 6.54 Å². The molecule has 1 fully saturated rings. The minimum absolute atomic E-state index is 0.143. The molecule has 0 aliphatic heterocycles. The van der Waals surface area contributed by atoms with Gasteiger partial charge in [0.2, 0.25) is 0 Å². The maximum absolute atomic E-state index is 9.70. The highest BCUT2D eigenvalue weighted by atomic mass is 16.3. The van der Waals surface area contributed by atoms with Gasteiger partial charge >= 0.3 is 0 Å². The van der Waals surface area contributed by atoms with E-state index in [0.29, 0.717) is 12.6 Å². The van der Waals surface area contributed by atoms with Gasteiger partial charge in [0.1, 0.15) is 5.82 Å². The van der Waals surface area contributed by atoms with E-state index in [-0.39, 0.29) is 6.10 Å². The van der Waals surface area contributed by atoms with Gasteiger partial charge in [-0.3, -0.25) is 0 Å². The van der Waals surface area contributed by atoms with Gasteiger partial charge < -0.3 is 20.6 Å². The zero-order chi connectivity index (χ0) is 19.2. The van der Waals surface area contributed by atoms with E-state index >= 15 is 0 Å². The third-order valence-corrected chi connectivity index (χ3v) is 5.04. The van der Waals surface area contributed by atoms with Crippen molar-refractivity contribution in [3.05, 3.63) is 35.9 Å². The van der Waals surface area contributed by atoms with Crippen molar-refractivity contribution in [3.63, 3.8) is 0 Å². The molecule has 3 N–H and O–H groups in total. The number of guanidine groups is 1. The number of pyridine rings is 1. The van der Waals surface area contributed by atoms with Gasteiger partial charge in [0.05, 0.1) is 18.2 Å². The van der Waals surface area contributed by atoms with E-state index in [1.807, 2.05) is 37.2 Å². The lowest BCUT2D eigenvalue weighted by atomic mass is 9.93. The molecule has 0 unspecified atom stereocenters. The Labute approximate surface area is 161 Å². The molecule has 1 aliphatic rings. The summed E-state index contributed by atoms with van der Waals surface area (Å²) in [6, 6.07) is 10.7. The van der Waals surface area contributed by atoms with Crippen LogP contribution in [-0.4, -0.2) is 48.8 Å². The lowest BCUT2D eigenvalue weighted by Crippen LogP contribution is -2.45. The van der Waals surface area contributed by atoms with Gasteiger partial charge in [-0.2, -0.15) is 0 Å². The number of aliphatic hydroxyl groups is 1. The number of aliphatic hydroxyl groups excluding tert-OH is 1. The summed E-state index contributed by atoms with van der Waals surface area (Å²) in [5, 5.41) is 17.7. The molecule has 6 heteroatoms. The van der Waals surface area contributed by atoms with Gasteiger partial charge in [-0.1, -0.05) is 18.2 Å². The second-order valence-corrected chi connectivity index (χ2v) is 7.40. The summed E-state index contributed by atoms with van der Waals surface area (Å²) in [5.74, 6) is 1.78. The Morgan fingerprint density at radius 2 is 1.96 bits per heavy atom. The van der Waals surface area contributed by atoms with Gasteiger partial charge in [-0.05, 0) is 50.3 Å². The van der Waals surface area contributed by atoms with E-state index in [0.717, 1.165) is 54.9 Å². The van der Waals surface area contributed by atoms with Crippen molar-refractivity contribution in [2.45, 2.75) is 51.3 Å². The van der Waals surface area contributed by atoms with E-state index < -0.39 is 0 Å². The molecule has 1 saturated carbocycles. The van der Waals surface area contributed by atoms with Crippen molar-refractivity contribution in [3.8, 4) is 0 Å². The molecule has 1 aliphatic carbocycles. The number of hydrogen-bond acceptors (Lipinski definition) is 4. The average molecular weight is 370 g/mol. The molecule has 1 aromatic carbocycles. The number of aliphatic imine (C=N–C) groups is 1. The average Bonchev–Trinajstić information content (AvgIpc) is 2.67. The van der Waals surface area contributed by atoms with Crippen LogP contribution in [0.1, 0.15) is 38.2 Å². The molecule has 1 aromatic heterocycles. The van der Waals surface area contributed by atoms with E-state index in [9.17, 15) is 5.11 Å². The Bertz CT molecular complexity index is 781. The number of para-hydroxylation sites is 1. The molecule has 0 bridgehead atoms. The number of benzene rings is 1. The van der Waals surface area contributed by atoms with Crippen molar-refractivity contribution in [2.24, 2.45) is 4.99 Å². The number of rotatable bonds is 5. The van der Waals surface area contributed by atoms with Crippen LogP contribution in [0.2, 0.25) is 0 Å². The Hall–Kier alpha value is -2.34. The molecule has 6 nitrogen and oxygen atoms in total. The van der Waals surface area contributed by atoms with Crippen molar-refractivity contribution < 1.29 is 5.11 Å². The van der Waals surface area contributed by atoms with Crippen LogP contribution >= 0.6 is 0 Å². The molecule has 1 heterocycles. The second-order valence-electron chi connectivity index (χ2n) is 7.40. The maximum atomic E-state index is 9.70. The molecule has 27 heavy (non-hydrogen) atoms. The van der Waals surface area contributed by atoms with Crippen molar-refractivity contribution in [1.82, 2.24) is 15.6 Å². The van der Waals surface area contributed by atoms with E-state index in [1.54, 1.807) is 0 Å². The van der Waals surface area contributed by atoms with E-state index in [4.69, 9.17) is 9.98 Å². The van der Waals surface area contributed by atoms with Crippen LogP contribution in [0.15, 0.2) is 35.3 Å². The van der Waals surface area contributed by atoms with Crippen LogP contribution in [0.3, 0.4) is 0 Å². The molecule has 0 spiro atoms. The SMILES string of the molecule is CCNC(=NCc1cc(N(C)C)nc2ccccc12)NC1CCC(O)CC1. The molecule has 2 aromatic rings. The first kappa shape index (κ1) is 19.4. The fourth-order valence-electron chi connectivity index (χ4n) is 3.49. The number of aromatic nitrogens is 1. The summed E-state index contributed by atoms with van der Waals surface area (Å²) < 4.78 is 0. The molecule has 0 saturated heterocycles. The number of hydrogen-bond donors (Lipinski definition) is 3. The molecule has 0 radical (unpaired) electrons. The maximum Gasteiger partial charge on any atom is 0.191 e. The van der Waals surface area contributed by atoms with Crippen molar-refractivity contribution >= 4 is 22.7 Å². The third kappa shape index (κ3) is 5.10. The number of nitrogens with one attached hydrogen (secondary N) is 2. The second kappa shape index (κ2) is 9.04. The summed E-state index contributed by atoms with van der Waals surface area (Å²) in [6.07, 6.45) is 3.54. The number of anilines is 1. The highest BCUT2D eigenvalue weighted by molar-refractivity contribution is 5.85. The molecule has 146 valence electrons. The Morgan fingerprint density at radius 3 is 2.67 bits per heavy atom. The quantitative estimate of drug-likeness (QED) is 0.558. The lowest BCUT2D eigenvalue weighted by Gasteiger charge is -2.27. The minimum Gasteiger partial charge on any atom is -0.393 e. The van der Waals surface area contributed by atoms with Crippen molar-refractivity contribution in [2.75, 3.05) is 25.5 Å². The van der Waals surface area contributed by atoms with Gasteiger partial charge in [-0.15, -0.1) is 0 Å². The topological polar surface area (TPSA) is 72.8 Å². The van der Waals surface area contributed by atoms with Crippen molar-refractivity contribution in [1.29, 1.82) is 0 Å². The molecule has 3 rings (SSSR count). The predicted molar refractivity (Wildman–Crippen MR) is 112 cm³/mol. The van der Waals surface area contributed by atoms with Crippen LogP contribution in [0.5, 0.6) is 0 Å². The van der Waals surface area contributed by atoms with Gasteiger partial charge in [0.15, 0.2) is 5.96 Å². The molecule has 0 atom stereocenters. The highest BCUT2D eigenvalue weighted by Gasteiger charge is 2.20. The standard InChI is InChI=1S/C21H31N5O/c1-4-22-21(24-16-9-11-17(27)12-10-16)23-14-15-13-20(26(2)3)25-19-8-6-5-7-18(15)19/h5-8,13,16-17,27H,4,9-12,14H2,1-3H3,(H2,22,23,24). The molecule has 0 amide bonds. The summed E-state index contributed by atoms with van der Waals surface area (Å²) in [4.78, 5) is 11.6. The van der Waals surface area contributed by atoms with E-state index in [2.05, 4.69) is 29.7 Å². The van der Waals surface area contributed by atoms with Gasteiger partial charge in [0, 0.05) is 32.1 Å². The fourth-order valence-corrected chi connectivity index (χ4v) is 3.49. The summed E-state index contributed by atoms with van der Waals surface area (Å²) >= 11 is 0. The van der Waals surface area contributed by atoms with Crippen LogP contribution in [0.4, 0.5) is 5.82 Å². The first-order valence-electron chi connectivity index (χ1n) is 9.85. The smallest absolute Gasteiger partial charge is 0.191 e. The molecular weight excluding hydrogens is 338 g/mol. The molecular formula is C21H31N5O. The zero-order valence-electron chi connectivity index (χ0n) is 16.6. The third-order valence-electron chi connectivity index (χ3n) is 5.04.